The first-order valence-corrected chi connectivity index (χ1v) is 13.1. The van der Waals surface area contributed by atoms with E-state index < -0.39 is 0 Å². The largest absolute Gasteiger partial charge is 0.466 e. The van der Waals surface area contributed by atoms with Crippen LogP contribution in [0.15, 0.2) is 0 Å². The summed E-state index contributed by atoms with van der Waals surface area (Å²) in [6.07, 6.45) is 18.1. The highest BCUT2D eigenvalue weighted by atomic mass is 16.5. The Morgan fingerprint density at radius 3 is 1.55 bits per heavy atom. The van der Waals surface area contributed by atoms with Gasteiger partial charge in [0.1, 0.15) is 0 Å². The molecular formula is C27H52O4. The lowest BCUT2D eigenvalue weighted by atomic mass is 9.86. The second kappa shape index (κ2) is 19.6. The van der Waals surface area contributed by atoms with Gasteiger partial charge in [-0.1, -0.05) is 112 Å². The molecular weight excluding hydrogens is 388 g/mol. The van der Waals surface area contributed by atoms with E-state index in [1.54, 1.807) is 0 Å². The first kappa shape index (κ1) is 29.9. The molecule has 0 saturated heterocycles. The maximum atomic E-state index is 11.8. The Bertz CT molecular complexity index is 439. The number of ether oxygens (including phenoxy) is 2. The van der Waals surface area contributed by atoms with E-state index >= 15 is 0 Å². The fraction of sp³-hybridized carbons (Fsp3) is 0.926. The van der Waals surface area contributed by atoms with Gasteiger partial charge in [0.25, 0.3) is 0 Å². The van der Waals surface area contributed by atoms with Gasteiger partial charge >= 0.3 is 11.9 Å². The van der Waals surface area contributed by atoms with Crippen molar-refractivity contribution in [3.63, 3.8) is 0 Å². The number of hydrogen-bond donors (Lipinski definition) is 0. The molecule has 0 amide bonds. The van der Waals surface area contributed by atoms with E-state index in [1.807, 2.05) is 0 Å². The number of carbonyl (C=O) groups excluding carboxylic acids is 2. The van der Waals surface area contributed by atoms with E-state index in [-0.39, 0.29) is 30.2 Å². The Hall–Kier alpha value is -1.06. The molecule has 0 aromatic rings. The lowest BCUT2D eigenvalue weighted by Crippen LogP contribution is -2.18. The minimum Gasteiger partial charge on any atom is -0.466 e. The van der Waals surface area contributed by atoms with E-state index in [4.69, 9.17) is 9.47 Å². The molecule has 0 bridgehead atoms. The summed E-state index contributed by atoms with van der Waals surface area (Å²) in [4.78, 5) is 23.6. The summed E-state index contributed by atoms with van der Waals surface area (Å²) < 4.78 is 10.5. The molecule has 0 N–H and O–H groups in total. The average molecular weight is 441 g/mol. The van der Waals surface area contributed by atoms with Gasteiger partial charge < -0.3 is 9.47 Å². The molecule has 0 rings (SSSR count). The second-order valence-electron chi connectivity index (χ2n) is 10.5. The fourth-order valence-electron chi connectivity index (χ4n) is 3.99. The van der Waals surface area contributed by atoms with Crippen LogP contribution in [0, 0.1) is 11.3 Å². The summed E-state index contributed by atoms with van der Waals surface area (Å²) in [6.45, 7) is 11.8. The second-order valence-corrected chi connectivity index (χ2v) is 10.5. The van der Waals surface area contributed by atoms with Crippen molar-refractivity contribution in [1.82, 2.24) is 0 Å². The Kier molecular flexibility index (Phi) is 18.9. The first-order valence-electron chi connectivity index (χ1n) is 13.1. The number of esters is 2. The lowest BCUT2D eigenvalue weighted by Gasteiger charge is -2.22. The zero-order valence-corrected chi connectivity index (χ0v) is 21.4. The predicted octanol–water partition coefficient (Wildman–Crippen LogP) is 8.02. The summed E-state index contributed by atoms with van der Waals surface area (Å²) in [5, 5.41) is 0. The molecule has 0 radical (unpaired) electrons. The van der Waals surface area contributed by atoms with Crippen molar-refractivity contribution >= 4 is 11.9 Å². The molecule has 0 aliphatic carbocycles. The SMILES string of the molecule is CCCCCCCCCCCCCCCOC(=O)CCC(=O)OCC(C)CC(C)(C)C. The third kappa shape index (κ3) is 23.4. The molecule has 31 heavy (non-hydrogen) atoms. The predicted molar refractivity (Wildman–Crippen MR) is 130 cm³/mol. The van der Waals surface area contributed by atoms with Gasteiger partial charge in [0.05, 0.1) is 26.1 Å². The molecule has 0 aliphatic rings. The van der Waals surface area contributed by atoms with Crippen LogP contribution in [0.3, 0.4) is 0 Å². The smallest absolute Gasteiger partial charge is 0.306 e. The zero-order valence-electron chi connectivity index (χ0n) is 21.4. The van der Waals surface area contributed by atoms with Crippen molar-refractivity contribution < 1.29 is 19.1 Å². The molecule has 0 saturated carbocycles. The van der Waals surface area contributed by atoms with E-state index in [0.29, 0.717) is 19.1 Å². The Labute approximate surface area is 193 Å². The maximum absolute atomic E-state index is 11.8. The molecule has 0 aromatic carbocycles. The van der Waals surface area contributed by atoms with E-state index in [0.717, 1.165) is 19.3 Å². The zero-order chi connectivity index (χ0) is 23.4. The van der Waals surface area contributed by atoms with Crippen LogP contribution in [-0.2, 0) is 19.1 Å². The van der Waals surface area contributed by atoms with Crippen molar-refractivity contribution in [3.8, 4) is 0 Å². The van der Waals surface area contributed by atoms with Gasteiger partial charge in [-0.05, 0) is 24.2 Å². The van der Waals surface area contributed by atoms with E-state index in [1.165, 1.54) is 70.6 Å². The minimum absolute atomic E-state index is 0.111. The Morgan fingerprint density at radius 2 is 1.10 bits per heavy atom. The molecule has 0 spiro atoms. The summed E-state index contributed by atoms with van der Waals surface area (Å²) in [5.74, 6) is -0.274. The van der Waals surface area contributed by atoms with Gasteiger partial charge in [0, 0.05) is 0 Å². The topological polar surface area (TPSA) is 52.6 Å². The van der Waals surface area contributed by atoms with Gasteiger partial charge in [-0.3, -0.25) is 9.59 Å². The van der Waals surface area contributed by atoms with Gasteiger partial charge in [0.15, 0.2) is 0 Å². The number of unbranched alkanes of at least 4 members (excludes halogenated alkanes) is 12. The van der Waals surface area contributed by atoms with Crippen LogP contribution >= 0.6 is 0 Å². The van der Waals surface area contributed by atoms with E-state index in [2.05, 4.69) is 34.6 Å². The maximum Gasteiger partial charge on any atom is 0.306 e. The first-order chi connectivity index (χ1) is 14.7. The number of rotatable bonds is 20. The molecule has 1 atom stereocenters. The van der Waals surface area contributed by atoms with Crippen molar-refractivity contribution in [3.05, 3.63) is 0 Å². The highest BCUT2D eigenvalue weighted by Gasteiger charge is 2.17. The van der Waals surface area contributed by atoms with Crippen molar-refractivity contribution in [2.45, 2.75) is 137 Å². The number of carbonyl (C=O) groups is 2. The van der Waals surface area contributed by atoms with Crippen molar-refractivity contribution in [1.29, 1.82) is 0 Å². The molecule has 0 fully saturated rings. The van der Waals surface area contributed by atoms with Gasteiger partial charge in [-0.15, -0.1) is 0 Å². The summed E-state index contributed by atoms with van der Waals surface area (Å²) in [5.41, 5.74) is 0.225. The Balaban J connectivity index is 3.42. The van der Waals surface area contributed by atoms with Crippen LogP contribution in [0.25, 0.3) is 0 Å². The molecule has 0 heterocycles. The van der Waals surface area contributed by atoms with Gasteiger partial charge in [-0.2, -0.15) is 0 Å². The Morgan fingerprint density at radius 1 is 0.677 bits per heavy atom. The molecule has 184 valence electrons. The standard InChI is InChI=1S/C27H52O4/c1-6-7-8-9-10-11-12-13-14-15-16-17-18-21-30-25(28)19-20-26(29)31-23-24(2)22-27(3,4)5/h24H,6-23H2,1-5H3. The fourth-order valence-corrected chi connectivity index (χ4v) is 3.99. The van der Waals surface area contributed by atoms with Crippen LogP contribution in [-0.4, -0.2) is 25.2 Å². The quantitative estimate of drug-likeness (QED) is 0.142. The van der Waals surface area contributed by atoms with E-state index in [9.17, 15) is 9.59 Å². The molecule has 0 aromatic heterocycles. The third-order valence-electron chi connectivity index (χ3n) is 5.53. The number of hydrogen-bond acceptors (Lipinski definition) is 4. The summed E-state index contributed by atoms with van der Waals surface area (Å²) >= 11 is 0. The van der Waals surface area contributed by atoms with Crippen molar-refractivity contribution in [2.24, 2.45) is 11.3 Å². The third-order valence-corrected chi connectivity index (χ3v) is 5.53. The highest BCUT2D eigenvalue weighted by molar-refractivity contribution is 5.77. The van der Waals surface area contributed by atoms with Crippen LogP contribution < -0.4 is 0 Å². The van der Waals surface area contributed by atoms with Crippen LogP contribution in [0.2, 0.25) is 0 Å². The lowest BCUT2D eigenvalue weighted by molar-refractivity contribution is -0.151. The molecule has 4 nitrogen and oxygen atoms in total. The monoisotopic (exact) mass is 440 g/mol. The van der Waals surface area contributed by atoms with Crippen LogP contribution in [0.5, 0.6) is 0 Å². The molecule has 0 aliphatic heterocycles. The van der Waals surface area contributed by atoms with Gasteiger partial charge in [0.2, 0.25) is 0 Å². The normalized spacial score (nSPS) is 12.5. The molecule has 4 heteroatoms. The van der Waals surface area contributed by atoms with Crippen molar-refractivity contribution in [2.75, 3.05) is 13.2 Å². The van der Waals surface area contributed by atoms with Crippen LogP contribution in [0.4, 0.5) is 0 Å². The summed E-state index contributed by atoms with van der Waals surface area (Å²) in [7, 11) is 0. The minimum atomic E-state index is -0.307. The summed E-state index contributed by atoms with van der Waals surface area (Å²) in [6, 6.07) is 0. The van der Waals surface area contributed by atoms with Gasteiger partial charge in [-0.25, -0.2) is 0 Å². The molecule has 1 unspecified atom stereocenters. The van der Waals surface area contributed by atoms with Crippen LogP contribution in [0.1, 0.15) is 137 Å². The average Bonchev–Trinajstić information content (AvgIpc) is 2.69. The highest BCUT2D eigenvalue weighted by Crippen LogP contribution is 2.24.